The van der Waals surface area contributed by atoms with E-state index in [2.05, 4.69) is 27.7 Å². The Labute approximate surface area is 101 Å². The topological polar surface area (TPSA) is 20.2 Å². The largest absolute Gasteiger partial charge is 0.396 e. The van der Waals surface area contributed by atoms with Crippen LogP contribution in [0.5, 0.6) is 0 Å². The fourth-order valence-corrected chi connectivity index (χ4v) is 4.23. The molecule has 1 heteroatoms. The zero-order valence-electron chi connectivity index (χ0n) is 11.4. The molecule has 1 N–H and O–H groups in total. The molecular weight excluding hydrogens is 196 g/mol. The molecule has 2 bridgehead atoms. The van der Waals surface area contributed by atoms with Crippen LogP contribution in [0.3, 0.4) is 0 Å². The van der Waals surface area contributed by atoms with Crippen LogP contribution in [-0.4, -0.2) is 11.7 Å². The average molecular weight is 224 g/mol. The van der Waals surface area contributed by atoms with Crippen LogP contribution in [0.25, 0.3) is 0 Å². The van der Waals surface area contributed by atoms with Gasteiger partial charge in [-0.3, -0.25) is 0 Å². The average Bonchev–Trinajstić information content (AvgIpc) is 2.26. The third-order valence-corrected chi connectivity index (χ3v) is 5.85. The molecule has 0 aromatic carbocycles. The van der Waals surface area contributed by atoms with Crippen molar-refractivity contribution in [1.29, 1.82) is 0 Å². The van der Waals surface area contributed by atoms with Gasteiger partial charge in [-0.05, 0) is 60.7 Å². The van der Waals surface area contributed by atoms with Crippen LogP contribution >= 0.6 is 0 Å². The Morgan fingerprint density at radius 1 is 1.31 bits per heavy atom. The molecule has 0 heterocycles. The van der Waals surface area contributed by atoms with Gasteiger partial charge in [0.1, 0.15) is 0 Å². The van der Waals surface area contributed by atoms with E-state index >= 15 is 0 Å². The third kappa shape index (κ3) is 1.92. The maximum absolute atomic E-state index is 9.07. The Balaban J connectivity index is 1.86. The van der Waals surface area contributed by atoms with Gasteiger partial charge in [0, 0.05) is 6.61 Å². The van der Waals surface area contributed by atoms with Crippen LogP contribution in [0.4, 0.5) is 0 Å². The maximum atomic E-state index is 9.07. The highest BCUT2D eigenvalue weighted by Crippen LogP contribution is 2.63. The highest BCUT2D eigenvalue weighted by atomic mass is 16.3. The zero-order chi connectivity index (χ0) is 11.9. The molecule has 0 amide bonds. The number of fused-ring (bicyclic) bond motifs is 2. The highest BCUT2D eigenvalue weighted by molar-refractivity contribution is 5.04. The van der Waals surface area contributed by atoms with Crippen LogP contribution in [0, 0.1) is 35.0 Å². The molecular formula is C15H28O. The molecule has 0 radical (unpaired) electrons. The fourth-order valence-electron chi connectivity index (χ4n) is 4.23. The number of aliphatic hydroxyl groups excluding tert-OH is 1. The van der Waals surface area contributed by atoms with E-state index in [1.165, 1.54) is 25.7 Å². The van der Waals surface area contributed by atoms with Gasteiger partial charge in [0.2, 0.25) is 0 Å². The maximum Gasteiger partial charge on any atom is 0.0456 e. The summed E-state index contributed by atoms with van der Waals surface area (Å²) in [5.74, 6) is 4.30. The lowest BCUT2D eigenvalue weighted by molar-refractivity contribution is -0.130. The molecule has 3 aliphatic rings. The lowest BCUT2D eigenvalue weighted by atomic mass is 9.43. The minimum atomic E-state index is 0.361. The smallest absolute Gasteiger partial charge is 0.0456 e. The van der Waals surface area contributed by atoms with Crippen LogP contribution in [0.2, 0.25) is 0 Å². The van der Waals surface area contributed by atoms with Gasteiger partial charge in [0.15, 0.2) is 0 Å². The van der Waals surface area contributed by atoms with Crippen molar-refractivity contribution < 1.29 is 5.11 Å². The van der Waals surface area contributed by atoms with Gasteiger partial charge in [-0.15, -0.1) is 0 Å². The number of rotatable bonds is 4. The summed E-state index contributed by atoms with van der Waals surface area (Å²) in [4.78, 5) is 0. The van der Waals surface area contributed by atoms with Gasteiger partial charge in [-0.1, -0.05) is 27.7 Å². The summed E-state index contributed by atoms with van der Waals surface area (Å²) < 4.78 is 0. The quantitative estimate of drug-likeness (QED) is 0.771. The zero-order valence-corrected chi connectivity index (χ0v) is 11.4. The fraction of sp³-hybridized carbons (Fsp3) is 1.00. The SMILES string of the molecule is C[C@@H](CO)CC[C@@H]1C[C@H]2C[C@@H]([C@@H]1C)C2(C)C. The normalized spacial score (nSPS) is 42.6. The first-order valence-corrected chi connectivity index (χ1v) is 7.07. The summed E-state index contributed by atoms with van der Waals surface area (Å²) in [5, 5.41) is 9.07. The van der Waals surface area contributed by atoms with Gasteiger partial charge in [0.25, 0.3) is 0 Å². The number of aliphatic hydroxyl groups is 1. The van der Waals surface area contributed by atoms with Gasteiger partial charge >= 0.3 is 0 Å². The van der Waals surface area contributed by atoms with E-state index in [0.717, 1.165) is 23.7 Å². The predicted octanol–water partition coefficient (Wildman–Crippen LogP) is 3.71. The lowest BCUT2D eigenvalue weighted by Gasteiger charge is -2.62. The standard InChI is InChI=1S/C15H28O/c1-10(9-16)5-6-12-7-13-8-14(11(12)2)15(13,3)4/h10-14,16H,5-9H2,1-4H3/t10-,11-,12-,13+,14+/m1/s1. The van der Waals surface area contributed by atoms with Crippen molar-refractivity contribution in [2.24, 2.45) is 35.0 Å². The molecule has 0 aliphatic heterocycles. The second-order valence-electron chi connectivity index (χ2n) is 7.08. The summed E-state index contributed by atoms with van der Waals surface area (Å²) in [7, 11) is 0. The molecule has 0 aromatic rings. The summed E-state index contributed by atoms with van der Waals surface area (Å²) in [6.07, 6.45) is 5.49. The van der Waals surface area contributed by atoms with Crippen LogP contribution < -0.4 is 0 Å². The molecule has 3 saturated carbocycles. The Morgan fingerprint density at radius 2 is 2.00 bits per heavy atom. The Morgan fingerprint density at radius 3 is 2.50 bits per heavy atom. The molecule has 3 fully saturated rings. The first kappa shape index (κ1) is 12.4. The first-order chi connectivity index (χ1) is 7.46. The molecule has 3 aliphatic carbocycles. The number of hydrogen-bond acceptors (Lipinski definition) is 1. The molecule has 16 heavy (non-hydrogen) atoms. The van der Waals surface area contributed by atoms with E-state index in [1.54, 1.807) is 0 Å². The minimum absolute atomic E-state index is 0.361. The first-order valence-electron chi connectivity index (χ1n) is 7.07. The molecule has 1 nitrogen and oxygen atoms in total. The molecule has 0 spiro atoms. The molecule has 0 aromatic heterocycles. The van der Waals surface area contributed by atoms with Crippen molar-refractivity contribution in [3.8, 4) is 0 Å². The molecule has 0 saturated heterocycles. The van der Waals surface area contributed by atoms with E-state index in [0.29, 0.717) is 17.9 Å². The third-order valence-electron chi connectivity index (χ3n) is 5.85. The molecule has 3 rings (SSSR count). The van der Waals surface area contributed by atoms with E-state index in [1.807, 2.05) is 0 Å². The van der Waals surface area contributed by atoms with Gasteiger partial charge in [-0.25, -0.2) is 0 Å². The second-order valence-corrected chi connectivity index (χ2v) is 7.08. The number of hydrogen-bond donors (Lipinski definition) is 1. The van der Waals surface area contributed by atoms with Crippen molar-refractivity contribution >= 4 is 0 Å². The Hall–Kier alpha value is -0.0400. The van der Waals surface area contributed by atoms with Crippen LogP contribution in [0.15, 0.2) is 0 Å². The summed E-state index contributed by atoms with van der Waals surface area (Å²) in [6.45, 7) is 9.93. The van der Waals surface area contributed by atoms with E-state index < -0.39 is 0 Å². The van der Waals surface area contributed by atoms with Crippen molar-refractivity contribution in [3.05, 3.63) is 0 Å². The van der Waals surface area contributed by atoms with Crippen LogP contribution in [0.1, 0.15) is 53.4 Å². The summed E-state index contributed by atoms with van der Waals surface area (Å²) in [5.41, 5.74) is 0.624. The van der Waals surface area contributed by atoms with Gasteiger partial charge in [-0.2, -0.15) is 0 Å². The lowest BCUT2D eigenvalue weighted by Crippen LogP contribution is -2.54. The Bertz CT molecular complexity index is 246. The van der Waals surface area contributed by atoms with Crippen LogP contribution in [-0.2, 0) is 0 Å². The van der Waals surface area contributed by atoms with E-state index in [4.69, 9.17) is 5.11 Å². The van der Waals surface area contributed by atoms with E-state index in [-0.39, 0.29) is 0 Å². The second kappa shape index (κ2) is 4.33. The Kier molecular flexibility index (Phi) is 3.36. The van der Waals surface area contributed by atoms with Crippen molar-refractivity contribution in [2.45, 2.75) is 53.4 Å². The predicted molar refractivity (Wildman–Crippen MR) is 68.1 cm³/mol. The van der Waals surface area contributed by atoms with Crippen molar-refractivity contribution in [3.63, 3.8) is 0 Å². The summed E-state index contributed by atoms with van der Waals surface area (Å²) >= 11 is 0. The minimum Gasteiger partial charge on any atom is -0.396 e. The highest BCUT2D eigenvalue weighted by Gasteiger charge is 2.55. The van der Waals surface area contributed by atoms with Crippen molar-refractivity contribution in [1.82, 2.24) is 0 Å². The van der Waals surface area contributed by atoms with Gasteiger partial charge in [0.05, 0.1) is 0 Å². The van der Waals surface area contributed by atoms with Gasteiger partial charge < -0.3 is 5.11 Å². The van der Waals surface area contributed by atoms with E-state index in [9.17, 15) is 0 Å². The van der Waals surface area contributed by atoms with Crippen molar-refractivity contribution in [2.75, 3.05) is 6.61 Å². The summed E-state index contributed by atoms with van der Waals surface area (Å²) in [6, 6.07) is 0. The molecule has 94 valence electrons. The molecule has 5 atom stereocenters. The molecule has 0 unspecified atom stereocenters. The monoisotopic (exact) mass is 224 g/mol.